The molecule has 4 unspecified atom stereocenters. The molecule has 0 saturated heterocycles. The van der Waals surface area contributed by atoms with E-state index in [1.54, 1.807) is 0 Å². The van der Waals surface area contributed by atoms with Gasteiger partial charge in [-0.2, -0.15) is 0 Å². The van der Waals surface area contributed by atoms with Gasteiger partial charge in [-0.05, 0) is 30.6 Å². The van der Waals surface area contributed by atoms with Gasteiger partial charge >= 0.3 is 0 Å². The third-order valence-electron chi connectivity index (χ3n) is 3.25. The molecule has 0 aliphatic heterocycles. The summed E-state index contributed by atoms with van der Waals surface area (Å²) in [5.41, 5.74) is 0. The van der Waals surface area contributed by atoms with Crippen molar-refractivity contribution in [2.75, 3.05) is 6.61 Å². The van der Waals surface area contributed by atoms with Crippen LogP contribution in [-0.4, -0.2) is 25.9 Å². The van der Waals surface area contributed by atoms with E-state index in [9.17, 15) is 5.11 Å². The van der Waals surface area contributed by atoms with E-state index in [0.29, 0.717) is 24.4 Å². The molecule has 0 spiro atoms. The van der Waals surface area contributed by atoms with E-state index in [1.165, 1.54) is 0 Å². The molecule has 1 N–H and O–H groups in total. The summed E-state index contributed by atoms with van der Waals surface area (Å²) in [6, 6.07) is 0. The number of rotatable bonds is 3. The molecule has 0 amide bonds. The highest BCUT2D eigenvalue weighted by Gasteiger charge is 2.36. The van der Waals surface area contributed by atoms with Crippen LogP contribution in [0, 0.1) is 17.8 Å². The Bertz CT molecular complexity index is 140. The molecule has 0 aromatic rings. The minimum absolute atomic E-state index is 0.148. The second-order valence-corrected chi connectivity index (χ2v) is 3.96. The second kappa shape index (κ2) is 4.29. The number of aliphatic hydroxyl groups excluding tert-OH is 1. The summed E-state index contributed by atoms with van der Waals surface area (Å²) in [6.45, 7) is 4.94. The van der Waals surface area contributed by atoms with E-state index in [1.807, 2.05) is 0 Å². The van der Waals surface area contributed by atoms with Gasteiger partial charge in [-0.3, -0.25) is 0 Å². The Morgan fingerprint density at radius 3 is 2.58 bits per heavy atom. The first kappa shape index (κ1) is 10.1. The summed E-state index contributed by atoms with van der Waals surface area (Å²) in [6.07, 6.45) is 1.66. The highest BCUT2D eigenvalue weighted by molar-refractivity contribution is 5.97. The lowest BCUT2D eigenvalue weighted by atomic mass is 9.90. The standard InChI is InChI=1S/C9H17BO2/c1-6-5-9(11)8(7(6)2)3-4-12-10/h6-9,11H,3-5H2,1-2H3. The predicted octanol–water partition coefficient (Wildman–Crippen LogP) is 1.13. The monoisotopic (exact) mass is 168 g/mol. The van der Waals surface area contributed by atoms with Gasteiger partial charge in [-0.15, -0.1) is 0 Å². The molecule has 1 aliphatic rings. The summed E-state index contributed by atoms with van der Waals surface area (Å²) < 4.78 is 4.52. The topological polar surface area (TPSA) is 29.5 Å². The lowest BCUT2D eigenvalue weighted by Crippen LogP contribution is -2.19. The van der Waals surface area contributed by atoms with Gasteiger partial charge in [0.15, 0.2) is 0 Å². The van der Waals surface area contributed by atoms with Gasteiger partial charge in [0, 0.05) is 6.61 Å². The van der Waals surface area contributed by atoms with Gasteiger partial charge < -0.3 is 9.76 Å². The lowest BCUT2D eigenvalue weighted by molar-refractivity contribution is 0.104. The smallest absolute Gasteiger partial charge is 0.282 e. The lowest BCUT2D eigenvalue weighted by Gasteiger charge is -2.19. The maximum Gasteiger partial charge on any atom is 0.282 e. The highest BCUT2D eigenvalue weighted by atomic mass is 16.4. The van der Waals surface area contributed by atoms with Crippen LogP contribution in [0.15, 0.2) is 0 Å². The van der Waals surface area contributed by atoms with Crippen LogP contribution in [0.25, 0.3) is 0 Å². The maximum atomic E-state index is 9.66. The zero-order valence-electron chi connectivity index (χ0n) is 7.86. The fourth-order valence-corrected chi connectivity index (χ4v) is 2.20. The Hall–Kier alpha value is -0.0151. The molecule has 1 rings (SSSR count). The Kier molecular flexibility index (Phi) is 3.60. The molecule has 2 radical (unpaired) electrons. The molecule has 3 heteroatoms. The quantitative estimate of drug-likeness (QED) is 0.640. The molecule has 4 atom stereocenters. The van der Waals surface area contributed by atoms with Crippen LogP contribution < -0.4 is 0 Å². The molecular weight excluding hydrogens is 151 g/mol. The van der Waals surface area contributed by atoms with Crippen molar-refractivity contribution in [2.24, 2.45) is 17.8 Å². The van der Waals surface area contributed by atoms with Crippen LogP contribution in [-0.2, 0) is 4.65 Å². The van der Waals surface area contributed by atoms with Gasteiger partial charge in [-0.25, -0.2) is 0 Å². The molecule has 0 bridgehead atoms. The van der Waals surface area contributed by atoms with Crippen LogP contribution in [0.2, 0.25) is 0 Å². The van der Waals surface area contributed by atoms with Crippen LogP contribution in [0.1, 0.15) is 26.7 Å². The van der Waals surface area contributed by atoms with E-state index >= 15 is 0 Å². The van der Waals surface area contributed by atoms with Crippen molar-refractivity contribution in [3.8, 4) is 0 Å². The third kappa shape index (κ3) is 2.02. The average molecular weight is 168 g/mol. The van der Waals surface area contributed by atoms with E-state index < -0.39 is 0 Å². The number of hydrogen-bond donors (Lipinski definition) is 1. The molecule has 1 aliphatic carbocycles. The Morgan fingerprint density at radius 2 is 2.17 bits per heavy atom. The Morgan fingerprint density at radius 1 is 1.50 bits per heavy atom. The van der Waals surface area contributed by atoms with Crippen LogP contribution in [0.4, 0.5) is 0 Å². The molecule has 1 saturated carbocycles. The summed E-state index contributed by atoms with van der Waals surface area (Å²) >= 11 is 0. The van der Waals surface area contributed by atoms with Crippen LogP contribution in [0.3, 0.4) is 0 Å². The Labute approximate surface area is 75.7 Å². The van der Waals surface area contributed by atoms with E-state index in [2.05, 4.69) is 18.5 Å². The minimum atomic E-state index is -0.148. The molecule has 0 aromatic carbocycles. The zero-order chi connectivity index (χ0) is 9.14. The van der Waals surface area contributed by atoms with Crippen LogP contribution >= 0.6 is 0 Å². The predicted molar refractivity (Wildman–Crippen MR) is 48.8 cm³/mol. The number of hydrogen-bond acceptors (Lipinski definition) is 2. The SMILES string of the molecule is [B]OCCC1C(O)CC(C)C1C. The molecule has 1 fully saturated rings. The van der Waals surface area contributed by atoms with Crippen molar-refractivity contribution in [1.82, 2.24) is 0 Å². The fraction of sp³-hybridized carbons (Fsp3) is 1.00. The second-order valence-electron chi connectivity index (χ2n) is 3.96. The van der Waals surface area contributed by atoms with Crippen molar-refractivity contribution < 1.29 is 9.76 Å². The summed E-state index contributed by atoms with van der Waals surface area (Å²) in [5, 5.41) is 9.66. The first-order valence-corrected chi connectivity index (χ1v) is 4.66. The first-order chi connectivity index (χ1) is 5.66. The van der Waals surface area contributed by atoms with Crippen molar-refractivity contribution in [3.05, 3.63) is 0 Å². The van der Waals surface area contributed by atoms with Gasteiger partial charge in [0.2, 0.25) is 0 Å². The largest absolute Gasteiger partial charge is 0.448 e. The van der Waals surface area contributed by atoms with Crippen molar-refractivity contribution in [1.29, 1.82) is 0 Å². The van der Waals surface area contributed by atoms with Gasteiger partial charge in [-0.1, -0.05) is 13.8 Å². The summed E-state index contributed by atoms with van der Waals surface area (Å²) in [5.74, 6) is 1.60. The molecule has 0 heterocycles. The molecule has 0 aromatic heterocycles. The minimum Gasteiger partial charge on any atom is -0.448 e. The van der Waals surface area contributed by atoms with Crippen molar-refractivity contribution in [2.45, 2.75) is 32.8 Å². The summed E-state index contributed by atoms with van der Waals surface area (Å²) in [7, 11) is 4.95. The van der Waals surface area contributed by atoms with Gasteiger partial charge in [0.1, 0.15) is 0 Å². The van der Waals surface area contributed by atoms with Gasteiger partial charge in [0.25, 0.3) is 8.05 Å². The van der Waals surface area contributed by atoms with E-state index in [0.717, 1.165) is 12.8 Å². The number of aliphatic hydroxyl groups is 1. The molecule has 2 nitrogen and oxygen atoms in total. The van der Waals surface area contributed by atoms with E-state index in [-0.39, 0.29) is 6.10 Å². The van der Waals surface area contributed by atoms with Gasteiger partial charge in [0.05, 0.1) is 6.10 Å². The average Bonchev–Trinajstić information content (AvgIpc) is 2.25. The van der Waals surface area contributed by atoms with Crippen molar-refractivity contribution in [3.63, 3.8) is 0 Å². The normalized spacial score (nSPS) is 41.9. The summed E-state index contributed by atoms with van der Waals surface area (Å²) in [4.78, 5) is 0. The first-order valence-electron chi connectivity index (χ1n) is 4.66. The molecule has 12 heavy (non-hydrogen) atoms. The molecular formula is C9H17BO2. The van der Waals surface area contributed by atoms with E-state index in [4.69, 9.17) is 8.05 Å². The highest BCUT2D eigenvalue weighted by Crippen LogP contribution is 2.38. The zero-order valence-corrected chi connectivity index (χ0v) is 7.86. The van der Waals surface area contributed by atoms with Crippen molar-refractivity contribution >= 4 is 8.05 Å². The maximum absolute atomic E-state index is 9.66. The fourth-order valence-electron chi connectivity index (χ4n) is 2.20. The third-order valence-corrected chi connectivity index (χ3v) is 3.25. The Balaban J connectivity index is 2.40. The molecule has 68 valence electrons. The van der Waals surface area contributed by atoms with Crippen LogP contribution in [0.5, 0.6) is 0 Å².